The van der Waals surface area contributed by atoms with Crippen molar-refractivity contribution < 1.29 is 28.5 Å². The number of rotatable bonds is 6. The molecule has 3 unspecified atom stereocenters. The highest BCUT2D eigenvalue weighted by molar-refractivity contribution is 6.31. The summed E-state index contributed by atoms with van der Waals surface area (Å²) in [6.07, 6.45) is 2.38. The first-order chi connectivity index (χ1) is 17.8. The van der Waals surface area contributed by atoms with Crippen LogP contribution in [0.2, 0.25) is 5.02 Å². The first-order valence-electron chi connectivity index (χ1n) is 12.4. The molecule has 3 aliphatic rings. The van der Waals surface area contributed by atoms with Gasteiger partial charge in [0.05, 0.1) is 25.2 Å². The molecule has 2 aliphatic heterocycles. The molecule has 7 nitrogen and oxygen atoms in total. The molecule has 0 amide bonds. The third-order valence-electron chi connectivity index (χ3n) is 7.00. The largest absolute Gasteiger partial charge is 0.497 e. The second kappa shape index (κ2) is 10.1. The minimum absolute atomic E-state index is 0.0196. The summed E-state index contributed by atoms with van der Waals surface area (Å²) in [7, 11) is 1.62. The minimum atomic E-state index is -0.626. The fourth-order valence-corrected chi connectivity index (χ4v) is 5.51. The summed E-state index contributed by atoms with van der Waals surface area (Å²) in [4.78, 5) is 27.2. The van der Waals surface area contributed by atoms with Crippen molar-refractivity contribution in [3.05, 3.63) is 75.6 Å². The van der Waals surface area contributed by atoms with Gasteiger partial charge in [-0.25, -0.2) is 4.79 Å². The number of Topliss-reactive ketones (excluding diaryl/α,β-unsaturated/α-hetero) is 1. The van der Waals surface area contributed by atoms with Gasteiger partial charge in [-0.05, 0) is 42.2 Å². The van der Waals surface area contributed by atoms with E-state index < -0.39 is 17.8 Å². The van der Waals surface area contributed by atoms with E-state index in [1.165, 1.54) is 0 Å². The Bertz CT molecular complexity index is 1300. The molecule has 5 rings (SSSR count). The highest BCUT2D eigenvalue weighted by atomic mass is 35.5. The van der Waals surface area contributed by atoms with Gasteiger partial charge in [0.2, 0.25) is 6.79 Å². The van der Waals surface area contributed by atoms with Crippen LogP contribution in [-0.4, -0.2) is 32.3 Å². The lowest BCUT2D eigenvalue weighted by Gasteiger charge is -2.40. The molecule has 0 bridgehead atoms. The van der Waals surface area contributed by atoms with E-state index in [2.05, 4.69) is 11.4 Å². The molecule has 194 valence electrons. The van der Waals surface area contributed by atoms with Crippen molar-refractivity contribution >= 4 is 23.4 Å². The number of hydrogen-bond acceptors (Lipinski definition) is 7. The Hall–Kier alpha value is -3.45. The molecule has 37 heavy (non-hydrogen) atoms. The van der Waals surface area contributed by atoms with Crippen molar-refractivity contribution in [3.63, 3.8) is 0 Å². The van der Waals surface area contributed by atoms with Gasteiger partial charge in [0.25, 0.3) is 0 Å². The number of nitrogens with one attached hydrogen (secondary N) is 1. The standard InChI is InChI=1S/C29H30ClNO6/c1-15(2)13-35-29(33)26-16(3)31-22-9-18(17-5-7-19(34-4)8-6-17)10-23(32)28(22)27(26)20-11-24-25(12-21(20)30)37-14-36-24/h5-9,11-12,15,18,27-28,31H,10,13-14H2,1-4H3. The molecule has 0 saturated heterocycles. The van der Waals surface area contributed by atoms with Gasteiger partial charge in [-0.1, -0.05) is 43.7 Å². The SMILES string of the molecule is COc1ccc(C2C=C3NC(C)=C(C(=O)OCC(C)C)C(c4cc5c(cc4Cl)OCO5)C3C(=O)C2)cc1. The number of methoxy groups -OCH3 is 1. The lowest BCUT2D eigenvalue weighted by molar-refractivity contribution is -0.140. The van der Waals surface area contributed by atoms with Gasteiger partial charge in [-0.15, -0.1) is 0 Å². The van der Waals surface area contributed by atoms with Crippen LogP contribution in [0.1, 0.15) is 50.2 Å². The van der Waals surface area contributed by atoms with Crippen LogP contribution in [0.15, 0.2) is 59.4 Å². The molecule has 2 aromatic rings. The molecular formula is C29H30ClNO6. The first-order valence-corrected chi connectivity index (χ1v) is 12.8. The summed E-state index contributed by atoms with van der Waals surface area (Å²) in [5.74, 6) is 0.225. The van der Waals surface area contributed by atoms with Gasteiger partial charge in [0.15, 0.2) is 11.5 Å². The lowest BCUT2D eigenvalue weighted by Crippen LogP contribution is -2.42. The Balaban J connectivity index is 1.60. The van der Waals surface area contributed by atoms with Crippen molar-refractivity contribution in [3.8, 4) is 17.2 Å². The van der Waals surface area contributed by atoms with E-state index in [0.717, 1.165) is 17.0 Å². The molecule has 1 aliphatic carbocycles. The zero-order valence-corrected chi connectivity index (χ0v) is 22.1. The van der Waals surface area contributed by atoms with Gasteiger partial charge in [-0.2, -0.15) is 0 Å². The molecule has 3 atom stereocenters. The number of benzene rings is 2. The highest BCUT2D eigenvalue weighted by Gasteiger charge is 2.46. The van der Waals surface area contributed by atoms with Crippen molar-refractivity contribution in [2.75, 3.05) is 20.5 Å². The Kier molecular flexibility index (Phi) is 6.90. The predicted molar refractivity (Wildman–Crippen MR) is 139 cm³/mol. The van der Waals surface area contributed by atoms with E-state index in [4.69, 9.17) is 30.5 Å². The van der Waals surface area contributed by atoms with Crippen molar-refractivity contribution in [1.82, 2.24) is 5.32 Å². The Morgan fingerprint density at radius 1 is 1.14 bits per heavy atom. The molecule has 2 heterocycles. The van der Waals surface area contributed by atoms with Crippen LogP contribution in [0.4, 0.5) is 0 Å². The maximum Gasteiger partial charge on any atom is 0.336 e. The Labute approximate surface area is 221 Å². The van der Waals surface area contributed by atoms with Gasteiger partial charge in [-0.3, -0.25) is 4.79 Å². The van der Waals surface area contributed by atoms with E-state index >= 15 is 0 Å². The molecule has 2 aromatic carbocycles. The van der Waals surface area contributed by atoms with Crippen molar-refractivity contribution in [2.45, 2.75) is 39.0 Å². The fraction of sp³-hybridized carbons (Fsp3) is 0.379. The number of ketones is 1. The van der Waals surface area contributed by atoms with E-state index in [-0.39, 0.29) is 31.0 Å². The number of carbonyl (C=O) groups is 2. The van der Waals surface area contributed by atoms with Crippen LogP contribution in [0, 0.1) is 11.8 Å². The third kappa shape index (κ3) is 4.80. The molecule has 0 spiro atoms. The average Bonchev–Trinajstić information content (AvgIpc) is 3.33. The van der Waals surface area contributed by atoms with E-state index in [9.17, 15) is 9.59 Å². The highest BCUT2D eigenvalue weighted by Crippen LogP contribution is 2.50. The zero-order valence-electron chi connectivity index (χ0n) is 21.3. The van der Waals surface area contributed by atoms with E-state index in [1.807, 2.05) is 45.0 Å². The molecule has 8 heteroatoms. The summed E-state index contributed by atoms with van der Waals surface area (Å²) >= 11 is 6.75. The smallest absolute Gasteiger partial charge is 0.336 e. The van der Waals surface area contributed by atoms with Crippen LogP contribution in [-0.2, 0) is 14.3 Å². The third-order valence-corrected chi connectivity index (χ3v) is 7.33. The van der Waals surface area contributed by atoms with Crippen molar-refractivity contribution in [1.29, 1.82) is 0 Å². The number of allylic oxidation sites excluding steroid dienone is 3. The lowest BCUT2D eigenvalue weighted by atomic mass is 9.68. The Morgan fingerprint density at radius 3 is 2.51 bits per heavy atom. The second-order valence-electron chi connectivity index (χ2n) is 10.0. The monoisotopic (exact) mass is 523 g/mol. The molecular weight excluding hydrogens is 494 g/mol. The maximum absolute atomic E-state index is 13.8. The second-order valence-corrected chi connectivity index (χ2v) is 10.4. The topological polar surface area (TPSA) is 83.1 Å². The molecule has 1 N–H and O–H groups in total. The summed E-state index contributed by atoms with van der Waals surface area (Å²) in [5.41, 5.74) is 3.45. The molecule has 0 fully saturated rings. The maximum atomic E-state index is 13.8. The predicted octanol–water partition coefficient (Wildman–Crippen LogP) is 5.49. The van der Waals surface area contributed by atoms with Crippen LogP contribution >= 0.6 is 11.6 Å². The fourth-order valence-electron chi connectivity index (χ4n) is 5.24. The number of fused-ring (bicyclic) bond motifs is 2. The average molecular weight is 524 g/mol. The number of carbonyl (C=O) groups excluding carboxylic acids is 2. The molecule has 0 radical (unpaired) electrons. The quantitative estimate of drug-likeness (QED) is 0.501. The number of ether oxygens (including phenoxy) is 4. The summed E-state index contributed by atoms with van der Waals surface area (Å²) in [6, 6.07) is 11.2. The van der Waals surface area contributed by atoms with Gasteiger partial charge in [0, 0.05) is 40.7 Å². The van der Waals surface area contributed by atoms with Crippen LogP contribution < -0.4 is 19.5 Å². The van der Waals surface area contributed by atoms with Gasteiger partial charge >= 0.3 is 5.97 Å². The summed E-state index contributed by atoms with van der Waals surface area (Å²) < 4.78 is 22.0. The number of halogens is 1. The number of esters is 1. The van der Waals surface area contributed by atoms with E-state index in [0.29, 0.717) is 39.8 Å². The summed E-state index contributed by atoms with van der Waals surface area (Å²) in [5, 5.41) is 3.76. The zero-order chi connectivity index (χ0) is 26.3. The molecule has 0 saturated carbocycles. The van der Waals surface area contributed by atoms with Gasteiger partial charge in [0.1, 0.15) is 11.5 Å². The normalized spacial score (nSPS) is 22.4. The first kappa shape index (κ1) is 25.2. The van der Waals surface area contributed by atoms with Crippen molar-refractivity contribution in [2.24, 2.45) is 11.8 Å². The number of hydrogen-bond donors (Lipinski definition) is 1. The van der Waals surface area contributed by atoms with Crippen LogP contribution in [0.3, 0.4) is 0 Å². The van der Waals surface area contributed by atoms with Gasteiger partial charge < -0.3 is 24.3 Å². The van der Waals surface area contributed by atoms with Crippen LogP contribution in [0.5, 0.6) is 17.2 Å². The molecule has 0 aromatic heterocycles. The van der Waals surface area contributed by atoms with Crippen LogP contribution in [0.25, 0.3) is 0 Å². The van der Waals surface area contributed by atoms with E-state index in [1.54, 1.807) is 19.2 Å². The Morgan fingerprint density at radius 2 is 1.84 bits per heavy atom. The minimum Gasteiger partial charge on any atom is -0.497 e. The summed E-state index contributed by atoms with van der Waals surface area (Å²) in [6.45, 7) is 6.16.